The Bertz CT molecular complexity index is 614. The van der Waals surface area contributed by atoms with Crippen LogP contribution in [0, 0.1) is 13.8 Å². The molecule has 3 nitrogen and oxygen atoms in total. The summed E-state index contributed by atoms with van der Waals surface area (Å²) in [6.07, 6.45) is 1.11. The van der Waals surface area contributed by atoms with E-state index >= 15 is 0 Å². The molecule has 0 spiro atoms. The third-order valence-corrected chi connectivity index (χ3v) is 3.67. The van der Waals surface area contributed by atoms with Crippen LogP contribution in [0.1, 0.15) is 30.2 Å². The molecule has 0 fully saturated rings. The first-order valence-corrected chi connectivity index (χ1v) is 8.00. The SMILES string of the molecule is CCCNCc1c(C)cc(C)nc1Oc1cccc(Br)c1. The van der Waals surface area contributed by atoms with E-state index < -0.39 is 0 Å². The predicted molar refractivity (Wildman–Crippen MR) is 89.9 cm³/mol. The van der Waals surface area contributed by atoms with Crippen molar-refractivity contribution >= 4 is 15.9 Å². The van der Waals surface area contributed by atoms with Gasteiger partial charge < -0.3 is 10.1 Å². The first kappa shape index (κ1) is 16.0. The number of pyridine rings is 1. The first-order chi connectivity index (χ1) is 10.1. The maximum Gasteiger partial charge on any atom is 0.224 e. The van der Waals surface area contributed by atoms with E-state index in [0.717, 1.165) is 41.0 Å². The largest absolute Gasteiger partial charge is 0.439 e. The predicted octanol–water partition coefficient (Wildman–Crippen LogP) is 4.75. The second kappa shape index (κ2) is 7.57. The van der Waals surface area contributed by atoms with Crippen molar-refractivity contribution in [3.05, 3.63) is 51.6 Å². The van der Waals surface area contributed by atoms with Crippen molar-refractivity contribution in [2.24, 2.45) is 0 Å². The van der Waals surface area contributed by atoms with Crippen LogP contribution in [0.3, 0.4) is 0 Å². The van der Waals surface area contributed by atoms with Crippen LogP contribution in [0.5, 0.6) is 11.6 Å². The summed E-state index contributed by atoms with van der Waals surface area (Å²) >= 11 is 3.46. The number of ether oxygens (including phenoxy) is 1. The Hall–Kier alpha value is -1.39. The van der Waals surface area contributed by atoms with Gasteiger partial charge in [-0.15, -0.1) is 0 Å². The third-order valence-electron chi connectivity index (χ3n) is 3.18. The van der Waals surface area contributed by atoms with Crippen LogP contribution in [0.25, 0.3) is 0 Å². The second-order valence-corrected chi connectivity index (χ2v) is 6.02. The normalized spacial score (nSPS) is 10.7. The summed E-state index contributed by atoms with van der Waals surface area (Å²) in [6.45, 7) is 8.02. The molecule has 1 aromatic heterocycles. The molecule has 0 saturated carbocycles. The highest BCUT2D eigenvalue weighted by molar-refractivity contribution is 9.10. The Balaban J connectivity index is 2.27. The summed E-state index contributed by atoms with van der Waals surface area (Å²) in [5.41, 5.74) is 3.29. The molecule has 0 bridgehead atoms. The Morgan fingerprint density at radius 1 is 1.24 bits per heavy atom. The van der Waals surface area contributed by atoms with Crippen LogP contribution < -0.4 is 10.1 Å². The molecule has 0 saturated heterocycles. The van der Waals surface area contributed by atoms with Gasteiger partial charge in [0.25, 0.3) is 0 Å². The lowest BCUT2D eigenvalue weighted by atomic mass is 10.1. The van der Waals surface area contributed by atoms with Crippen LogP contribution in [0.4, 0.5) is 0 Å². The lowest BCUT2D eigenvalue weighted by molar-refractivity contribution is 0.450. The molecule has 112 valence electrons. The molecule has 4 heteroatoms. The summed E-state index contributed by atoms with van der Waals surface area (Å²) in [4.78, 5) is 4.56. The molecule has 1 N–H and O–H groups in total. The molecule has 0 radical (unpaired) electrons. The van der Waals surface area contributed by atoms with Crippen molar-refractivity contribution < 1.29 is 4.74 Å². The molecule has 0 aliphatic carbocycles. The Kier molecular flexibility index (Phi) is 5.76. The van der Waals surface area contributed by atoms with Gasteiger partial charge in [0.15, 0.2) is 0 Å². The summed E-state index contributed by atoms with van der Waals surface area (Å²) < 4.78 is 7.00. The highest BCUT2D eigenvalue weighted by Crippen LogP contribution is 2.28. The van der Waals surface area contributed by atoms with Crippen LogP contribution in [0.2, 0.25) is 0 Å². The van der Waals surface area contributed by atoms with Crippen LogP contribution in [-0.2, 0) is 6.54 Å². The maximum atomic E-state index is 6.00. The van der Waals surface area contributed by atoms with E-state index in [0.29, 0.717) is 5.88 Å². The highest BCUT2D eigenvalue weighted by atomic mass is 79.9. The molecule has 0 aliphatic heterocycles. The van der Waals surface area contributed by atoms with E-state index in [2.05, 4.69) is 46.1 Å². The highest BCUT2D eigenvalue weighted by Gasteiger charge is 2.11. The van der Waals surface area contributed by atoms with Crippen molar-refractivity contribution in [3.63, 3.8) is 0 Å². The zero-order valence-electron chi connectivity index (χ0n) is 12.7. The minimum atomic E-state index is 0.689. The second-order valence-electron chi connectivity index (χ2n) is 5.10. The van der Waals surface area contributed by atoms with Gasteiger partial charge in [-0.25, -0.2) is 4.98 Å². The molecule has 0 unspecified atom stereocenters. The van der Waals surface area contributed by atoms with Gasteiger partial charge in [-0.05, 0) is 56.6 Å². The summed E-state index contributed by atoms with van der Waals surface area (Å²) in [5, 5.41) is 3.42. The van der Waals surface area contributed by atoms with Gasteiger partial charge in [0.05, 0.1) is 0 Å². The van der Waals surface area contributed by atoms with Gasteiger partial charge in [0.2, 0.25) is 5.88 Å². The van der Waals surface area contributed by atoms with E-state index in [1.165, 1.54) is 5.56 Å². The standard InChI is InChI=1S/C17H21BrN2O/c1-4-8-19-11-16-12(2)9-13(3)20-17(16)21-15-7-5-6-14(18)10-15/h5-7,9-10,19H,4,8,11H2,1-3H3. The lowest BCUT2D eigenvalue weighted by Crippen LogP contribution is -2.16. The van der Waals surface area contributed by atoms with Crippen LogP contribution in [-0.4, -0.2) is 11.5 Å². The number of hydrogen-bond acceptors (Lipinski definition) is 3. The molecular formula is C17H21BrN2O. The third kappa shape index (κ3) is 4.55. The fraction of sp³-hybridized carbons (Fsp3) is 0.353. The Morgan fingerprint density at radius 2 is 2.05 bits per heavy atom. The first-order valence-electron chi connectivity index (χ1n) is 7.21. The quantitative estimate of drug-likeness (QED) is 0.764. The minimum absolute atomic E-state index is 0.689. The number of hydrogen-bond donors (Lipinski definition) is 1. The van der Waals surface area contributed by atoms with Crippen molar-refractivity contribution in [1.29, 1.82) is 0 Å². The van der Waals surface area contributed by atoms with Crippen LogP contribution in [0.15, 0.2) is 34.8 Å². The monoisotopic (exact) mass is 348 g/mol. The van der Waals surface area contributed by atoms with E-state index in [9.17, 15) is 0 Å². The van der Waals surface area contributed by atoms with E-state index in [1.807, 2.05) is 31.2 Å². The van der Waals surface area contributed by atoms with Gasteiger partial charge >= 0.3 is 0 Å². The van der Waals surface area contributed by atoms with Gasteiger partial charge in [-0.2, -0.15) is 0 Å². The molecule has 0 amide bonds. The smallest absolute Gasteiger partial charge is 0.224 e. The minimum Gasteiger partial charge on any atom is -0.439 e. The van der Waals surface area contributed by atoms with E-state index in [-0.39, 0.29) is 0 Å². The molecule has 2 rings (SSSR count). The topological polar surface area (TPSA) is 34.2 Å². The zero-order valence-corrected chi connectivity index (χ0v) is 14.3. The van der Waals surface area contributed by atoms with E-state index in [4.69, 9.17) is 4.74 Å². The number of aryl methyl sites for hydroxylation is 2. The van der Waals surface area contributed by atoms with Gasteiger partial charge in [0.1, 0.15) is 5.75 Å². The zero-order chi connectivity index (χ0) is 15.2. The average Bonchev–Trinajstić information content (AvgIpc) is 2.42. The van der Waals surface area contributed by atoms with Crippen molar-refractivity contribution in [1.82, 2.24) is 10.3 Å². The summed E-state index contributed by atoms with van der Waals surface area (Å²) in [5.74, 6) is 1.48. The molecule has 1 aromatic carbocycles. The summed E-state index contributed by atoms with van der Waals surface area (Å²) in [7, 11) is 0. The number of benzene rings is 1. The fourth-order valence-electron chi connectivity index (χ4n) is 2.16. The molecule has 1 heterocycles. The molecule has 21 heavy (non-hydrogen) atoms. The number of halogens is 1. The van der Waals surface area contributed by atoms with Gasteiger partial charge in [-0.1, -0.05) is 28.9 Å². The van der Waals surface area contributed by atoms with Crippen molar-refractivity contribution in [2.75, 3.05) is 6.54 Å². The number of nitrogens with zero attached hydrogens (tertiary/aromatic N) is 1. The molecule has 2 aromatic rings. The maximum absolute atomic E-state index is 6.00. The average molecular weight is 349 g/mol. The Morgan fingerprint density at radius 3 is 2.76 bits per heavy atom. The Labute approximate surface area is 134 Å². The van der Waals surface area contributed by atoms with Gasteiger partial charge in [0, 0.05) is 22.3 Å². The van der Waals surface area contributed by atoms with Crippen molar-refractivity contribution in [3.8, 4) is 11.6 Å². The fourth-order valence-corrected chi connectivity index (χ4v) is 2.54. The molecule has 0 atom stereocenters. The van der Waals surface area contributed by atoms with E-state index in [1.54, 1.807) is 0 Å². The van der Waals surface area contributed by atoms with Gasteiger partial charge in [-0.3, -0.25) is 0 Å². The van der Waals surface area contributed by atoms with Crippen LogP contribution >= 0.6 is 15.9 Å². The summed E-state index contributed by atoms with van der Waals surface area (Å²) in [6, 6.07) is 9.91. The molecule has 0 aliphatic rings. The number of aromatic nitrogens is 1. The number of nitrogens with one attached hydrogen (secondary N) is 1. The molecular weight excluding hydrogens is 328 g/mol. The lowest BCUT2D eigenvalue weighted by Gasteiger charge is -2.14. The van der Waals surface area contributed by atoms with Crippen molar-refractivity contribution in [2.45, 2.75) is 33.7 Å². The number of rotatable bonds is 6.